The molecule has 2 rings (SSSR count). The maximum atomic E-state index is 12.5. The first-order valence-corrected chi connectivity index (χ1v) is 6.98. The zero-order valence-corrected chi connectivity index (χ0v) is 10.8. The normalized spacial score (nSPS) is 25.0. The molecule has 0 atom stereocenters. The maximum absolute atomic E-state index is 12.5. The zero-order valence-electron chi connectivity index (χ0n) is 10.8. The Balaban J connectivity index is 2.13. The molecule has 1 amide bonds. The van der Waals surface area contributed by atoms with E-state index >= 15 is 0 Å². The van der Waals surface area contributed by atoms with Crippen molar-refractivity contribution in [2.24, 2.45) is 16.3 Å². The Morgan fingerprint density at radius 2 is 1.78 bits per heavy atom. The van der Waals surface area contributed by atoms with Crippen molar-refractivity contribution in [3.05, 3.63) is 0 Å². The van der Waals surface area contributed by atoms with Gasteiger partial charge in [0.15, 0.2) is 5.84 Å². The van der Waals surface area contributed by atoms with Crippen molar-refractivity contribution in [3.8, 4) is 0 Å². The van der Waals surface area contributed by atoms with Crippen LogP contribution in [-0.2, 0) is 4.79 Å². The van der Waals surface area contributed by atoms with Gasteiger partial charge < -0.3 is 16.3 Å². The molecule has 0 bridgehead atoms. The number of hydrogen-bond acceptors (Lipinski definition) is 3. The molecule has 2 aliphatic carbocycles. The average Bonchev–Trinajstić information content (AvgIpc) is 2.59. The van der Waals surface area contributed by atoms with Crippen molar-refractivity contribution >= 4 is 11.7 Å². The molecule has 0 aromatic rings. The van der Waals surface area contributed by atoms with E-state index in [4.69, 9.17) is 10.9 Å². The quantitative estimate of drug-likeness (QED) is 0.235. The molecule has 0 aliphatic heterocycles. The van der Waals surface area contributed by atoms with E-state index in [0.717, 1.165) is 38.5 Å². The summed E-state index contributed by atoms with van der Waals surface area (Å²) in [5.74, 6) is 0.0469. The van der Waals surface area contributed by atoms with Crippen LogP contribution in [-0.4, -0.2) is 23.0 Å². The molecule has 2 aliphatic rings. The highest BCUT2D eigenvalue weighted by molar-refractivity contribution is 6.06. The fraction of sp³-hybridized carbons (Fsp3) is 0.846. The van der Waals surface area contributed by atoms with Gasteiger partial charge in [0.05, 0.1) is 0 Å². The van der Waals surface area contributed by atoms with Crippen LogP contribution in [0.15, 0.2) is 5.16 Å². The smallest absolute Gasteiger partial charge is 0.234 e. The lowest BCUT2D eigenvalue weighted by Gasteiger charge is -2.34. The van der Waals surface area contributed by atoms with E-state index in [1.54, 1.807) is 0 Å². The summed E-state index contributed by atoms with van der Waals surface area (Å²) in [7, 11) is 0. The van der Waals surface area contributed by atoms with Crippen molar-refractivity contribution in [3.63, 3.8) is 0 Å². The van der Waals surface area contributed by atoms with E-state index in [-0.39, 0.29) is 11.7 Å². The Kier molecular flexibility index (Phi) is 4.09. The molecule has 0 saturated heterocycles. The van der Waals surface area contributed by atoms with Crippen LogP contribution in [0.3, 0.4) is 0 Å². The Morgan fingerprint density at radius 1 is 1.17 bits per heavy atom. The number of amides is 1. The molecule has 2 fully saturated rings. The van der Waals surface area contributed by atoms with Gasteiger partial charge >= 0.3 is 0 Å². The minimum absolute atomic E-state index is 0.0376. The van der Waals surface area contributed by atoms with Gasteiger partial charge in [-0.3, -0.25) is 4.79 Å². The second-order valence-electron chi connectivity index (χ2n) is 5.58. The number of nitrogens with one attached hydrogen (secondary N) is 1. The lowest BCUT2D eigenvalue weighted by molar-refractivity contribution is -0.129. The number of carbonyl (C=O) groups excluding carboxylic acids is 1. The number of rotatable bonds is 3. The molecular weight excluding hydrogens is 230 g/mol. The first-order chi connectivity index (χ1) is 8.69. The highest BCUT2D eigenvalue weighted by atomic mass is 16.4. The molecule has 0 radical (unpaired) electrons. The second kappa shape index (κ2) is 5.59. The van der Waals surface area contributed by atoms with Gasteiger partial charge in [0.25, 0.3) is 0 Å². The Bertz CT molecular complexity index is 329. The highest BCUT2D eigenvalue weighted by Gasteiger charge is 2.43. The van der Waals surface area contributed by atoms with Crippen LogP contribution in [0.1, 0.15) is 57.8 Å². The molecule has 102 valence electrons. The summed E-state index contributed by atoms with van der Waals surface area (Å²) < 4.78 is 0. The molecular formula is C13H23N3O2. The standard InChI is InChI=1S/C13H23N3O2/c14-11(16-18)13(8-3-1-2-4-9-13)12(17)15-10-6-5-7-10/h10,18H,1-9H2,(H2,14,16)(H,15,17). The maximum Gasteiger partial charge on any atom is 0.234 e. The van der Waals surface area contributed by atoms with Crippen LogP contribution in [0.25, 0.3) is 0 Å². The van der Waals surface area contributed by atoms with Crippen LogP contribution < -0.4 is 11.1 Å². The Morgan fingerprint density at radius 3 is 2.22 bits per heavy atom. The summed E-state index contributed by atoms with van der Waals surface area (Å²) in [5.41, 5.74) is 5.05. The topological polar surface area (TPSA) is 87.7 Å². The summed E-state index contributed by atoms with van der Waals surface area (Å²) >= 11 is 0. The van der Waals surface area contributed by atoms with Gasteiger partial charge in [-0.15, -0.1) is 0 Å². The van der Waals surface area contributed by atoms with Gasteiger partial charge in [0.2, 0.25) is 5.91 Å². The molecule has 4 N–H and O–H groups in total. The third kappa shape index (κ3) is 2.44. The van der Waals surface area contributed by atoms with Crippen LogP contribution in [0.4, 0.5) is 0 Å². The molecule has 0 aromatic heterocycles. The van der Waals surface area contributed by atoms with E-state index in [2.05, 4.69) is 10.5 Å². The highest BCUT2D eigenvalue weighted by Crippen LogP contribution is 2.36. The summed E-state index contributed by atoms with van der Waals surface area (Å²) in [6.45, 7) is 0. The third-order valence-electron chi connectivity index (χ3n) is 4.43. The zero-order chi connectivity index (χ0) is 13.0. The number of nitrogens with zero attached hydrogens (tertiary/aromatic N) is 1. The van der Waals surface area contributed by atoms with Gasteiger partial charge in [-0.2, -0.15) is 0 Å². The van der Waals surface area contributed by atoms with Gasteiger partial charge in [0.1, 0.15) is 5.41 Å². The predicted octanol–water partition coefficient (Wildman–Crippen LogP) is 1.74. The minimum Gasteiger partial charge on any atom is -0.409 e. The molecule has 0 aromatic carbocycles. The largest absolute Gasteiger partial charge is 0.409 e. The molecule has 0 heterocycles. The minimum atomic E-state index is -0.777. The summed E-state index contributed by atoms with van der Waals surface area (Å²) in [6.07, 6.45) is 8.86. The summed E-state index contributed by atoms with van der Waals surface area (Å²) in [5, 5.41) is 15.2. The van der Waals surface area contributed by atoms with Crippen molar-refractivity contribution < 1.29 is 10.0 Å². The number of hydrogen-bond donors (Lipinski definition) is 3. The molecule has 18 heavy (non-hydrogen) atoms. The number of nitrogens with two attached hydrogens (primary N) is 1. The van der Waals surface area contributed by atoms with E-state index in [0.29, 0.717) is 18.9 Å². The average molecular weight is 253 g/mol. The number of amidine groups is 1. The van der Waals surface area contributed by atoms with Gasteiger partial charge in [-0.05, 0) is 32.1 Å². The molecule has 0 spiro atoms. The third-order valence-corrected chi connectivity index (χ3v) is 4.43. The first kappa shape index (κ1) is 13.2. The predicted molar refractivity (Wildman–Crippen MR) is 69.3 cm³/mol. The summed E-state index contributed by atoms with van der Waals surface area (Å²) in [4.78, 5) is 12.5. The first-order valence-electron chi connectivity index (χ1n) is 6.98. The van der Waals surface area contributed by atoms with Gasteiger partial charge in [0, 0.05) is 6.04 Å². The van der Waals surface area contributed by atoms with E-state index in [1.807, 2.05) is 0 Å². The van der Waals surface area contributed by atoms with Crippen molar-refractivity contribution in [1.29, 1.82) is 0 Å². The Labute approximate surface area is 108 Å². The van der Waals surface area contributed by atoms with E-state index in [1.165, 1.54) is 6.42 Å². The van der Waals surface area contributed by atoms with Crippen molar-refractivity contribution in [1.82, 2.24) is 5.32 Å². The molecule has 0 unspecified atom stereocenters. The van der Waals surface area contributed by atoms with Crippen molar-refractivity contribution in [2.75, 3.05) is 0 Å². The number of carbonyl (C=O) groups is 1. The molecule has 5 nitrogen and oxygen atoms in total. The van der Waals surface area contributed by atoms with Crippen LogP contribution in [0.5, 0.6) is 0 Å². The van der Waals surface area contributed by atoms with E-state index < -0.39 is 5.41 Å². The van der Waals surface area contributed by atoms with Crippen LogP contribution >= 0.6 is 0 Å². The summed E-state index contributed by atoms with van der Waals surface area (Å²) in [6, 6.07) is 0.295. The fourth-order valence-electron chi connectivity index (χ4n) is 2.90. The van der Waals surface area contributed by atoms with Gasteiger partial charge in [-0.1, -0.05) is 30.8 Å². The lowest BCUT2D eigenvalue weighted by atomic mass is 9.77. The fourth-order valence-corrected chi connectivity index (χ4v) is 2.90. The van der Waals surface area contributed by atoms with Crippen LogP contribution in [0, 0.1) is 5.41 Å². The molecule has 2 saturated carbocycles. The van der Waals surface area contributed by atoms with Crippen molar-refractivity contribution in [2.45, 2.75) is 63.8 Å². The molecule has 5 heteroatoms. The van der Waals surface area contributed by atoms with Crippen LogP contribution in [0.2, 0.25) is 0 Å². The van der Waals surface area contributed by atoms with Gasteiger partial charge in [-0.25, -0.2) is 0 Å². The Hall–Kier alpha value is -1.26. The number of oxime groups is 1. The SMILES string of the molecule is NC(=NO)C1(C(=O)NC2CCC2)CCCCCC1. The van der Waals surface area contributed by atoms with E-state index in [9.17, 15) is 4.79 Å². The monoisotopic (exact) mass is 253 g/mol. The lowest BCUT2D eigenvalue weighted by Crippen LogP contribution is -2.53. The second-order valence-corrected chi connectivity index (χ2v) is 5.58.